The number of likely N-dealkylation sites (tertiary alicyclic amines) is 1. The van der Waals surface area contributed by atoms with Crippen LogP contribution in [0.5, 0.6) is 0 Å². The summed E-state index contributed by atoms with van der Waals surface area (Å²) in [5.41, 5.74) is -3.56. The average molecular weight is 462 g/mol. The van der Waals surface area contributed by atoms with E-state index >= 15 is 0 Å². The molecule has 7 rings (SSSR count). The Morgan fingerprint density at radius 2 is 1.94 bits per heavy atom. The number of methoxy groups -OCH3 is 3. The predicted octanol–water partition coefficient (Wildman–Crippen LogP) is 1.71. The Kier molecular flexibility index (Phi) is 4.62. The van der Waals surface area contributed by atoms with E-state index in [0.29, 0.717) is 32.2 Å². The Morgan fingerprint density at radius 3 is 2.61 bits per heavy atom. The van der Waals surface area contributed by atoms with Crippen LogP contribution in [0.15, 0.2) is 12.2 Å². The van der Waals surface area contributed by atoms with Crippen molar-refractivity contribution < 1.29 is 33.3 Å². The van der Waals surface area contributed by atoms with Gasteiger partial charge in [0.1, 0.15) is 18.2 Å². The summed E-state index contributed by atoms with van der Waals surface area (Å²) in [4.78, 5) is 30.7. The molecule has 5 fully saturated rings. The van der Waals surface area contributed by atoms with Crippen LogP contribution in [0.1, 0.15) is 39.5 Å². The molecule has 7 bridgehead atoms. The molecule has 10 atom stereocenters. The molecule has 3 spiro atoms. The van der Waals surface area contributed by atoms with Crippen LogP contribution < -0.4 is 0 Å². The van der Waals surface area contributed by atoms with Crippen LogP contribution in [0.2, 0.25) is 0 Å². The van der Waals surface area contributed by atoms with E-state index in [0.717, 1.165) is 0 Å². The number of ketones is 1. The second kappa shape index (κ2) is 6.88. The van der Waals surface area contributed by atoms with Gasteiger partial charge in [-0.25, -0.2) is 0 Å². The molecule has 5 aliphatic carbocycles. The zero-order valence-electron chi connectivity index (χ0n) is 20.2. The maximum atomic E-state index is 14.6. The Bertz CT molecular complexity index is 922. The lowest BCUT2D eigenvalue weighted by Crippen LogP contribution is -2.75. The number of fused-ring (bicyclic) bond motifs is 2. The summed E-state index contributed by atoms with van der Waals surface area (Å²) in [6.07, 6.45) is 5.34. The van der Waals surface area contributed by atoms with Gasteiger partial charge in [0, 0.05) is 52.6 Å². The number of carbonyl (C=O) groups excluding carboxylic acids is 2. The molecule has 2 heterocycles. The first-order valence-electron chi connectivity index (χ1n) is 12.2. The molecule has 2 aliphatic heterocycles. The number of Topliss-reactive ketones (excluding diaryl/α,β-unsaturated/α-hetero) is 1. The van der Waals surface area contributed by atoms with Crippen LogP contribution in [0.4, 0.5) is 0 Å². The third kappa shape index (κ3) is 2.14. The number of rotatable bonds is 4. The normalized spacial score (nSPS) is 54.3. The summed E-state index contributed by atoms with van der Waals surface area (Å²) in [5, 5.41) is 0. The lowest BCUT2D eigenvalue weighted by Gasteiger charge is -2.61. The lowest BCUT2D eigenvalue weighted by atomic mass is 9.49. The zero-order chi connectivity index (χ0) is 23.4. The average Bonchev–Trinajstić information content (AvgIpc) is 3.29. The Balaban J connectivity index is 1.74. The van der Waals surface area contributed by atoms with Gasteiger partial charge in [0.25, 0.3) is 0 Å². The quantitative estimate of drug-likeness (QED) is 0.590. The summed E-state index contributed by atoms with van der Waals surface area (Å²) < 4.78 is 31.5. The largest absolute Gasteiger partial charge is 0.381 e. The summed E-state index contributed by atoms with van der Waals surface area (Å²) in [5.74, 6) is -0.191. The van der Waals surface area contributed by atoms with E-state index in [1.54, 1.807) is 21.3 Å². The number of hydrogen-bond donors (Lipinski definition) is 0. The molecule has 0 aromatic carbocycles. The van der Waals surface area contributed by atoms with Crippen LogP contribution >= 0.6 is 0 Å². The minimum absolute atomic E-state index is 0.0544. The van der Waals surface area contributed by atoms with Crippen molar-refractivity contribution in [3.8, 4) is 0 Å². The number of piperidine rings is 1. The molecule has 0 unspecified atom stereocenters. The molecule has 1 amide bonds. The molecule has 3 saturated carbocycles. The first-order valence-corrected chi connectivity index (χ1v) is 12.2. The molecule has 8 heteroatoms. The maximum Gasteiger partial charge on any atom is 0.229 e. The fourth-order valence-electron chi connectivity index (χ4n) is 9.14. The second-order valence-corrected chi connectivity index (χ2v) is 11.0. The van der Waals surface area contributed by atoms with E-state index < -0.39 is 34.2 Å². The van der Waals surface area contributed by atoms with E-state index in [9.17, 15) is 9.59 Å². The van der Waals surface area contributed by atoms with E-state index in [2.05, 4.69) is 12.2 Å². The van der Waals surface area contributed by atoms with E-state index in [1.807, 2.05) is 18.7 Å². The standard InChI is InChI=1S/C25H35NO7/c1-6-26-20-24-16(27)11-14-7-10-23(12-15(14)29-3)25(20,33-13-32-23)19(31-5)18(24)22(2,21(26)28)9-8-17(24)30-4/h7,10,14-15,17-20H,6,8-9,11-13H2,1-5H3/t14-,15+,17+,18-,19+,20+,22-,23+,24+,25+/m1/s1. The minimum Gasteiger partial charge on any atom is -0.381 e. The molecule has 8 nitrogen and oxygen atoms in total. The van der Waals surface area contributed by atoms with Crippen LogP contribution in [-0.4, -0.2) is 86.8 Å². The van der Waals surface area contributed by atoms with Gasteiger partial charge >= 0.3 is 0 Å². The summed E-state index contributed by atoms with van der Waals surface area (Å²) in [7, 11) is 5.06. The fourth-order valence-corrected chi connectivity index (χ4v) is 9.14. The molecular formula is C25H35NO7. The second-order valence-electron chi connectivity index (χ2n) is 11.0. The Morgan fingerprint density at radius 1 is 1.15 bits per heavy atom. The molecule has 2 saturated heterocycles. The number of amides is 1. The van der Waals surface area contributed by atoms with Crippen molar-refractivity contribution in [3.05, 3.63) is 12.2 Å². The maximum absolute atomic E-state index is 14.6. The summed E-state index contributed by atoms with van der Waals surface area (Å²) in [6, 6.07) is -0.537. The Labute approximate surface area is 194 Å². The minimum atomic E-state index is -1.03. The van der Waals surface area contributed by atoms with Gasteiger partial charge in [-0.15, -0.1) is 0 Å². The van der Waals surface area contributed by atoms with Gasteiger partial charge in [0.2, 0.25) is 5.91 Å². The third-order valence-corrected chi connectivity index (χ3v) is 10.3. The van der Waals surface area contributed by atoms with Crippen LogP contribution in [0.25, 0.3) is 0 Å². The van der Waals surface area contributed by atoms with Gasteiger partial charge in [0.05, 0.1) is 35.2 Å². The number of carbonyl (C=O) groups is 2. The van der Waals surface area contributed by atoms with E-state index in [4.69, 9.17) is 23.7 Å². The first kappa shape index (κ1) is 22.2. The van der Waals surface area contributed by atoms with Gasteiger partial charge in [0.15, 0.2) is 5.60 Å². The molecule has 0 aromatic heterocycles. The van der Waals surface area contributed by atoms with Gasteiger partial charge in [-0.1, -0.05) is 19.1 Å². The molecule has 0 radical (unpaired) electrons. The number of hydrogen-bond acceptors (Lipinski definition) is 7. The number of likely N-dealkylation sites (N-methyl/N-ethyl adjacent to an activating group) is 1. The Hall–Kier alpha value is -1.32. The molecular weight excluding hydrogens is 426 g/mol. The molecule has 0 N–H and O–H groups in total. The summed E-state index contributed by atoms with van der Waals surface area (Å²) in [6.45, 7) is 4.57. The number of nitrogens with zero attached hydrogens (tertiary/aromatic N) is 1. The summed E-state index contributed by atoms with van der Waals surface area (Å²) >= 11 is 0. The van der Waals surface area contributed by atoms with Gasteiger partial charge < -0.3 is 28.6 Å². The van der Waals surface area contributed by atoms with Gasteiger partial charge in [-0.2, -0.15) is 0 Å². The highest BCUT2D eigenvalue weighted by atomic mass is 16.7. The molecule has 0 aromatic rings. The van der Waals surface area contributed by atoms with Crippen molar-refractivity contribution in [2.24, 2.45) is 22.7 Å². The SMILES string of the molecule is CCN1C(=O)[C@]2(C)CC[C@H](OC)[C@@]34C(=O)C[C@H]5C=C[C@@]6(C[C@@H]5OC)OCO[C@@]6([C@@H](OC)[C@@H]32)[C@@H]14. The van der Waals surface area contributed by atoms with Crippen molar-refractivity contribution in [3.63, 3.8) is 0 Å². The van der Waals surface area contributed by atoms with Crippen LogP contribution in [-0.2, 0) is 33.3 Å². The highest BCUT2D eigenvalue weighted by molar-refractivity contribution is 5.95. The highest BCUT2D eigenvalue weighted by Crippen LogP contribution is 2.73. The lowest BCUT2D eigenvalue weighted by molar-refractivity contribution is -0.207. The van der Waals surface area contributed by atoms with Crippen LogP contribution in [0.3, 0.4) is 0 Å². The van der Waals surface area contributed by atoms with Crippen molar-refractivity contribution in [2.45, 2.75) is 75.1 Å². The van der Waals surface area contributed by atoms with Crippen molar-refractivity contribution >= 4 is 11.7 Å². The fraction of sp³-hybridized carbons (Fsp3) is 0.840. The molecule has 182 valence electrons. The van der Waals surface area contributed by atoms with Gasteiger partial charge in [-0.3, -0.25) is 9.59 Å². The monoisotopic (exact) mass is 461 g/mol. The van der Waals surface area contributed by atoms with Gasteiger partial charge in [-0.05, 0) is 19.8 Å². The van der Waals surface area contributed by atoms with Crippen molar-refractivity contribution in [1.29, 1.82) is 0 Å². The van der Waals surface area contributed by atoms with E-state index in [1.165, 1.54) is 0 Å². The molecule has 7 aliphatic rings. The predicted molar refractivity (Wildman–Crippen MR) is 116 cm³/mol. The van der Waals surface area contributed by atoms with Crippen LogP contribution in [0, 0.1) is 22.7 Å². The third-order valence-electron chi connectivity index (χ3n) is 10.3. The van der Waals surface area contributed by atoms with Crippen molar-refractivity contribution in [1.82, 2.24) is 4.90 Å². The van der Waals surface area contributed by atoms with Crippen molar-refractivity contribution in [2.75, 3.05) is 34.7 Å². The smallest absolute Gasteiger partial charge is 0.229 e. The topological polar surface area (TPSA) is 83.5 Å². The first-order chi connectivity index (χ1) is 15.8. The zero-order valence-corrected chi connectivity index (χ0v) is 20.2. The number of ether oxygens (including phenoxy) is 5. The van der Waals surface area contributed by atoms with E-state index in [-0.39, 0.29) is 42.5 Å². The molecule has 33 heavy (non-hydrogen) atoms. The highest BCUT2D eigenvalue weighted by Gasteiger charge is 2.88.